The summed E-state index contributed by atoms with van der Waals surface area (Å²) >= 11 is 0. The molecular formula is C42H56N6O5. The zero-order valence-electron chi connectivity index (χ0n) is 30.1. The molecule has 0 amide bonds. The Morgan fingerprint density at radius 1 is 0.660 bits per heavy atom. The van der Waals surface area contributed by atoms with Crippen LogP contribution in [0.4, 0.5) is 0 Å². The fourth-order valence-electron chi connectivity index (χ4n) is 7.90. The fourth-order valence-corrected chi connectivity index (χ4v) is 7.90. The van der Waals surface area contributed by atoms with Gasteiger partial charge in [0.1, 0.15) is 23.0 Å². The number of ketones is 2. The summed E-state index contributed by atoms with van der Waals surface area (Å²) in [5, 5.41) is 24.3. The summed E-state index contributed by atoms with van der Waals surface area (Å²) in [6, 6.07) is 17.1. The number of imidazole rings is 2. The third kappa shape index (κ3) is 8.50. The third-order valence-electron chi connectivity index (χ3n) is 10.7. The predicted octanol–water partition coefficient (Wildman–Crippen LogP) is 7.64. The van der Waals surface area contributed by atoms with Crippen LogP contribution in [0.25, 0.3) is 11.1 Å². The smallest absolute Gasteiger partial charge is 0.177 e. The minimum Gasteiger partial charge on any atom is -0.633 e. The van der Waals surface area contributed by atoms with Gasteiger partial charge in [-0.3, -0.25) is 20.1 Å². The van der Waals surface area contributed by atoms with Crippen molar-refractivity contribution >= 4 is 22.7 Å². The van der Waals surface area contributed by atoms with Crippen molar-refractivity contribution in [3.63, 3.8) is 0 Å². The summed E-state index contributed by atoms with van der Waals surface area (Å²) < 4.78 is 4.01. The number of hydrogen-bond acceptors (Lipinski definition) is 8. The van der Waals surface area contributed by atoms with Crippen molar-refractivity contribution in [1.82, 2.24) is 24.0 Å². The molecule has 11 heteroatoms. The van der Waals surface area contributed by atoms with E-state index in [1.54, 1.807) is 33.3 Å². The van der Waals surface area contributed by atoms with E-state index in [-0.39, 0.29) is 31.1 Å². The number of carbonyl (C=O) groups excluding carboxylic acids is 2. The van der Waals surface area contributed by atoms with Gasteiger partial charge in [0.25, 0.3) is 0 Å². The zero-order valence-corrected chi connectivity index (χ0v) is 30.1. The first-order chi connectivity index (χ1) is 24.6. The maximum absolute atomic E-state index is 12.3. The van der Waals surface area contributed by atoms with Gasteiger partial charge >= 0.3 is 0 Å². The van der Waals surface area contributed by atoms with E-state index in [2.05, 4.69) is 79.6 Å². The molecule has 11 nitrogen and oxygen atoms in total. The van der Waals surface area contributed by atoms with Crippen LogP contribution in [-0.2, 0) is 25.9 Å². The molecule has 0 aliphatic carbocycles. The molecule has 284 valence electrons. The summed E-state index contributed by atoms with van der Waals surface area (Å²) in [6.07, 6.45) is 8.98. The van der Waals surface area contributed by atoms with Crippen LogP contribution in [0, 0.1) is 5.21 Å². The van der Waals surface area contributed by atoms with Crippen molar-refractivity contribution in [1.29, 1.82) is 0 Å². The molecule has 2 N–H and O–H groups in total. The van der Waals surface area contributed by atoms with E-state index in [9.17, 15) is 14.8 Å². The molecule has 8 rings (SSSR count). The molecule has 0 spiro atoms. The Labute approximate surface area is 314 Å². The van der Waals surface area contributed by atoms with Crippen molar-refractivity contribution < 1.29 is 24.7 Å². The molecular weight excluding hydrogens is 668 g/mol. The molecule has 4 aliphatic rings. The molecule has 4 aliphatic heterocycles. The Balaban J connectivity index is 0.000000218. The predicted molar refractivity (Wildman–Crippen MR) is 211 cm³/mol. The molecule has 2 saturated heterocycles. The Bertz CT molecular complexity index is 1980. The highest BCUT2D eigenvalue weighted by atomic mass is 17.0. The summed E-state index contributed by atoms with van der Waals surface area (Å²) in [5.74, 6) is 1.99. The number of aromatic nitrogens is 4. The van der Waals surface area contributed by atoms with Crippen molar-refractivity contribution in [2.75, 3.05) is 40.3 Å². The van der Waals surface area contributed by atoms with Crippen LogP contribution >= 0.6 is 0 Å². The van der Waals surface area contributed by atoms with Gasteiger partial charge in [-0.25, -0.2) is 9.97 Å². The molecule has 0 saturated carbocycles. The van der Waals surface area contributed by atoms with Gasteiger partial charge in [-0.2, -0.15) is 0 Å². The highest BCUT2D eigenvalue weighted by Crippen LogP contribution is 2.38. The van der Waals surface area contributed by atoms with Crippen LogP contribution in [0.2, 0.25) is 0 Å². The maximum atomic E-state index is 12.3. The molecule has 6 heterocycles. The van der Waals surface area contributed by atoms with E-state index < -0.39 is 0 Å². The lowest BCUT2D eigenvalue weighted by Crippen LogP contribution is -2.42. The van der Waals surface area contributed by atoms with Gasteiger partial charge in [0.15, 0.2) is 11.6 Å². The van der Waals surface area contributed by atoms with Crippen molar-refractivity contribution in [2.45, 2.75) is 80.3 Å². The molecule has 0 atom stereocenters. The summed E-state index contributed by atoms with van der Waals surface area (Å²) in [7, 11) is 3.93. The first-order valence-corrected chi connectivity index (χ1v) is 17.8. The number of aryl methyl sites for hydroxylation is 2. The minimum absolute atomic E-state index is 0. The fraction of sp³-hybridized carbons (Fsp3) is 0.429. The normalized spacial score (nSPS) is 19.2. The first kappa shape index (κ1) is 41.2. The van der Waals surface area contributed by atoms with Gasteiger partial charge in [-0.05, 0) is 60.6 Å². The van der Waals surface area contributed by atoms with Gasteiger partial charge in [-0.1, -0.05) is 69.0 Å². The number of likely N-dealkylation sites (tertiary alicyclic amines) is 2. The van der Waals surface area contributed by atoms with Crippen molar-refractivity contribution in [3.8, 4) is 0 Å². The average molecular weight is 725 g/mol. The minimum atomic E-state index is -0.175. The summed E-state index contributed by atoms with van der Waals surface area (Å²) in [6.45, 7) is 8.16. The molecule has 2 fully saturated rings. The number of hydroxylamine groups is 3. The monoisotopic (exact) mass is 724 g/mol. The van der Waals surface area contributed by atoms with Gasteiger partial charge in [-0.15, -0.1) is 0 Å². The van der Waals surface area contributed by atoms with Gasteiger partial charge in [0, 0.05) is 64.0 Å². The number of piperidine rings is 2. The van der Waals surface area contributed by atoms with Crippen LogP contribution in [0.5, 0.6) is 0 Å². The molecule has 53 heavy (non-hydrogen) atoms. The summed E-state index contributed by atoms with van der Waals surface area (Å²) in [4.78, 5) is 35.7. The Kier molecular flexibility index (Phi) is 13.6. The van der Waals surface area contributed by atoms with Crippen LogP contribution in [0.15, 0.2) is 72.1 Å². The standard InChI is InChI=1S/C20H23N3O2.C20H23N3O.2CH4.H2O2/c1-14(24)18-13-21-20-19(16-8-11-23(2,25)12-9-16)17-6-4-3-5-15(17)7-10-22(18)20;1-14(24)18-13-21-20-19(16-7-10-22(2)11-8-16)17-6-4-3-5-15(17)9-12-23(18)20;;;1-2/h3-6,13H,7-12H2,1-2H3;3-6,13H,7-12H2,1-2H3;2*1H4;1-2H. The van der Waals surface area contributed by atoms with Gasteiger partial charge in [0.05, 0.1) is 32.5 Å². The number of benzene rings is 2. The number of nitrogens with zero attached hydrogens (tertiary/aromatic N) is 6. The van der Waals surface area contributed by atoms with E-state index in [1.807, 2.05) is 0 Å². The highest BCUT2D eigenvalue weighted by molar-refractivity contribution is 5.94. The molecule has 0 radical (unpaired) electrons. The van der Waals surface area contributed by atoms with Gasteiger partial charge in [0.2, 0.25) is 0 Å². The van der Waals surface area contributed by atoms with Crippen molar-refractivity contribution in [2.24, 2.45) is 0 Å². The van der Waals surface area contributed by atoms with Crippen LogP contribution in [0.1, 0.15) is 109 Å². The molecule has 2 aromatic carbocycles. The topological polar surface area (TPSA) is 137 Å². The molecule has 0 unspecified atom stereocenters. The second kappa shape index (κ2) is 17.5. The van der Waals surface area contributed by atoms with Crippen LogP contribution < -0.4 is 0 Å². The zero-order chi connectivity index (χ0) is 36.3. The third-order valence-corrected chi connectivity index (χ3v) is 10.7. The number of Topliss-reactive ketones (excluding diaryl/α,β-unsaturated/α-hetero) is 2. The lowest BCUT2D eigenvalue weighted by atomic mass is 9.90. The Morgan fingerprint density at radius 3 is 1.47 bits per heavy atom. The van der Waals surface area contributed by atoms with E-state index in [4.69, 9.17) is 10.5 Å². The molecule has 0 bridgehead atoms. The summed E-state index contributed by atoms with van der Waals surface area (Å²) in [5.41, 5.74) is 11.7. The van der Waals surface area contributed by atoms with E-state index in [1.165, 1.54) is 39.0 Å². The Hall–Kier alpha value is -4.52. The van der Waals surface area contributed by atoms with Crippen LogP contribution in [0.3, 0.4) is 0 Å². The number of fused-ring (bicyclic) bond motifs is 4. The average Bonchev–Trinajstić information content (AvgIpc) is 3.66. The number of quaternary nitrogens is 1. The lowest BCUT2D eigenvalue weighted by molar-refractivity contribution is -0.863. The second-order valence-corrected chi connectivity index (χ2v) is 14.2. The lowest BCUT2D eigenvalue weighted by Gasteiger charge is -2.42. The highest BCUT2D eigenvalue weighted by Gasteiger charge is 2.29. The van der Waals surface area contributed by atoms with E-state index in [0.717, 1.165) is 87.6 Å². The number of rotatable bonds is 2. The van der Waals surface area contributed by atoms with E-state index in [0.29, 0.717) is 18.8 Å². The van der Waals surface area contributed by atoms with Gasteiger partial charge < -0.3 is 23.9 Å². The van der Waals surface area contributed by atoms with E-state index >= 15 is 0 Å². The largest absolute Gasteiger partial charge is 0.633 e. The van der Waals surface area contributed by atoms with Crippen molar-refractivity contribution in [3.05, 3.63) is 123 Å². The first-order valence-electron chi connectivity index (χ1n) is 17.8. The quantitative estimate of drug-likeness (QED) is 0.0708. The van der Waals surface area contributed by atoms with Crippen LogP contribution in [-0.4, -0.2) is 91.0 Å². The number of hydrogen-bond donors (Lipinski definition) is 2. The molecule has 2 aromatic heterocycles. The Morgan fingerprint density at radius 2 is 1.06 bits per heavy atom. The number of carbonyl (C=O) groups is 2. The molecule has 4 aromatic rings. The second-order valence-electron chi connectivity index (χ2n) is 14.2. The maximum Gasteiger partial charge on any atom is 0.177 e. The SMILES string of the molecule is C.C.CC(=O)c1cnc2n1CCc1ccccc1C2=C1CCN(C)CC1.CC(=O)c1cnc2n1CCc1ccccc1C2=C1CC[N+](C)([O-])CC1.OO.